The molecule has 0 aliphatic carbocycles. The normalized spacial score (nSPS) is 27.9. The molecule has 0 spiro atoms. The van der Waals surface area contributed by atoms with Crippen LogP contribution in [0.15, 0.2) is 0 Å². The molecule has 1 heterocycles. The molecule has 0 bridgehead atoms. The lowest BCUT2D eigenvalue weighted by molar-refractivity contribution is -0.0110. The standard InChI is InChI=1S/C10H16O2/c1-3-4-6-10(2,11)9-5-7-12-8-9/h1,9,11H,4-8H2,2H3. The van der Waals surface area contributed by atoms with Gasteiger partial charge in [-0.15, -0.1) is 12.3 Å². The second-order valence-corrected chi connectivity index (χ2v) is 3.62. The molecule has 1 N–H and O–H groups in total. The molecule has 0 aromatic rings. The summed E-state index contributed by atoms with van der Waals surface area (Å²) < 4.78 is 5.21. The van der Waals surface area contributed by atoms with Crippen LogP contribution in [-0.2, 0) is 4.74 Å². The zero-order valence-electron chi connectivity index (χ0n) is 7.55. The fraction of sp³-hybridized carbons (Fsp3) is 0.800. The molecule has 1 aliphatic rings. The molecule has 0 saturated carbocycles. The van der Waals surface area contributed by atoms with Crippen LogP contribution in [0, 0.1) is 18.3 Å². The Morgan fingerprint density at radius 2 is 2.50 bits per heavy atom. The van der Waals surface area contributed by atoms with Gasteiger partial charge in [-0.05, 0) is 19.8 Å². The van der Waals surface area contributed by atoms with Gasteiger partial charge in [0.15, 0.2) is 0 Å². The van der Waals surface area contributed by atoms with Gasteiger partial charge in [0.05, 0.1) is 12.2 Å². The minimum Gasteiger partial charge on any atom is -0.390 e. The molecule has 0 radical (unpaired) electrons. The molecule has 2 nitrogen and oxygen atoms in total. The van der Waals surface area contributed by atoms with Crippen molar-refractivity contribution >= 4 is 0 Å². The zero-order valence-corrected chi connectivity index (χ0v) is 7.55. The smallest absolute Gasteiger partial charge is 0.0679 e. The molecule has 12 heavy (non-hydrogen) atoms. The van der Waals surface area contributed by atoms with E-state index in [0.29, 0.717) is 19.4 Å². The molecular formula is C10H16O2. The molecule has 1 fully saturated rings. The van der Waals surface area contributed by atoms with Crippen LogP contribution in [0.2, 0.25) is 0 Å². The number of hydrogen-bond donors (Lipinski definition) is 1. The molecule has 1 saturated heterocycles. The number of aliphatic hydroxyl groups is 1. The van der Waals surface area contributed by atoms with E-state index in [0.717, 1.165) is 13.0 Å². The maximum Gasteiger partial charge on any atom is 0.0679 e. The lowest BCUT2D eigenvalue weighted by Gasteiger charge is -2.28. The summed E-state index contributed by atoms with van der Waals surface area (Å²) in [5, 5.41) is 9.97. The Hall–Kier alpha value is -0.520. The summed E-state index contributed by atoms with van der Waals surface area (Å²) in [6.07, 6.45) is 7.42. The molecule has 0 amide bonds. The van der Waals surface area contributed by atoms with Crippen LogP contribution in [0.1, 0.15) is 26.2 Å². The van der Waals surface area contributed by atoms with E-state index in [-0.39, 0.29) is 5.92 Å². The van der Waals surface area contributed by atoms with Crippen LogP contribution in [0.3, 0.4) is 0 Å². The van der Waals surface area contributed by atoms with Crippen LogP contribution in [-0.4, -0.2) is 23.9 Å². The highest BCUT2D eigenvalue weighted by atomic mass is 16.5. The Morgan fingerprint density at radius 1 is 1.75 bits per heavy atom. The van der Waals surface area contributed by atoms with Crippen molar-refractivity contribution in [1.29, 1.82) is 0 Å². The van der Waals surface area contributed by atoms with Crippen molar-refractivity contribution in [3.63, 3.8) is 0 Å². The fourth-order valence-electron chi connectivity index (χ4n) is 1.55. The lowest BCUT2D eigenvalue weighted by Crippen LogP contribution is -2.34. The van der Waals surface area contributed by atoms with Gasteiger partial charge < -0.3 is 9.84 Å². The predicted molar refractivity (Wildman–Crippen MR) is 47.6 cm³/mol. The largest absolute Gasteiger partial charge is 0.390 e. The van der Waals surface area contributed by atoms with Crippen molar-refractivity contribution in [3.8, 4) is 12.3 Å². The van der Waals surface area contributed by atoms with Gasteiger partial charge in [0.1, 0.15) is 0 Å². The van der Waals surface area contributed by atoms with E-state index < -0.39 is 5.60 Å². The number of ether oxygens (including phenoxy) is 1. The third-order valence-corrected chi connectivity index (χ3v) is 2.58. The first-order valence-electron chi connectivity index (χ1n) is 4.40. The molecule has 0 aromatic heterocycles. The Bertz CT molecular complexity index is 173. The van der Waals surface area contributed by atoms with Crippen molar-refractivity contribution in [2.75, 3.05) is 13.2 Å². The van der Waals surface area contributed by atoms with Gasteiger partial charge in [-0.3, -0.25) is 0 Å². The van der Waals surface area contributed by atoms with Gasteiger partial charge >= 0.3 is 0 Å². The monoisotopic (exact) mass is 168 g/mol. The maximum absolute atomic E-state index is 9.97. The van der Waals surface area contributed by atoms with Gasteiger partial charge in [-0.25, -0.2) is 0 Å². The number of terminal acetylenes is 1. The summed E-state index contributed by atoms with van der Waals surface area (Å²) in [7, 11) is 0. The van der Waals surface area contributed by atoms with E-state index in [2.05, 4.69) is 5.92 Å². The van der Waals surface area contributed by atoms with Crippen molar-refractivity contribution in [2.24, 2.45) is 5.92 Å². The summed E-state index contributed by atoms with van der Waals surface area (Å²) in [5.74, 6) is 2.82. The molecule has 1 rings (SSSR count). The predicted octanol–water partition coefficient (Wildman–Crippen LogP) is 1.19. The van der Waals surface area contributed by atoms with E-state index in [1.165, 1.54) is 0 Å². The van der Waals surface area contributed by atoms with E-state index in [1.807, 2.05) is 6.92 Å². The molecule has 1 aliphatic heterocycles. The summed E-state index contributed by atoms with van der Waals surface area (Å²) in [4.78, 5) is 0. The number of rotatable bonds is 3. The maximum atomic E-state index is 9.97. The quantitative estimate of drug-likeness (QED) is 0.641. The van der Waals surface area contributed by atoms with Crippen LogP contribution >= 0.6 is 0 Å². The third-order valence-electron chi connectivity index (χ3n) is 2.58. The molecule has 2 heteroatoms. The van der Waals surface area contributed by atoms with Crippen molar-refractivity contribution in [2.45, 2.75) is 31.8 Å². The fourth-order valence-corrected chi connectivity index (χ4v) is 1.55. The number of hydrogen-bond acceptors (Lipinski definition) is 2. The summed E-state index contributed by atoms with van der Waals surface area (Å²) in [5.41, 5.74) is -0.636. The summed E-state index contributed by atoms with van der Waals surface area (Å²) >= 11 is 0. The zero-order chi connectivity index (χ0) is 9.03. The van der Waals surface area contributed by atoms with E-state index in [1.54, 1.807) is 0 Å². The Morgan fingerprint density at radius 3 is 3.00 bits per heavy atom. The lowest BCUT2D eigenvalue weighted by atomic mass is 9.85. The van der Waals surface area contributed by atoms with Crippen LogP contribution in [0.5, 0.6) is 0 Å². The first-order valence-corrected chi connectivity index (χ1v) is 4.40. The third kappa shape index (κ3) is 2.23. The highest BCUT2D eigenvalue weighted by molar-refractivity contribution is 4.91. The highest BCUT2D eigenvalue weighted by Crippen LogP contribution is 2.29. The second-order valence-electron chi connectivity index (χ2n) is 3.62. The molecule has 2 unspecified atom stereocenters. The molecule has 2 atom stereocenters. The van der Waals surface area contributed by atoms with E-state index >= 15 is 0 Å². The first kappa shape index (κ1) is 9.57. The van der Waals surface area contributed by atoms with E-state index in [4.69, 9.17) is 11.2 Å². The minimum atomic E-state index is -0.636. The van der Waals surface area contributed by atoms with Gasteiger partial charge in [-0.1, -0.05) is 0 Å². The Kier molecular flexibility index (Phi) is 3.13. The van der Waals surface area contributed by atoms with Crippen molar-refractivity contribution in [1.82, 2.24) is 0 Å². The molecule has 68 valence electrons. The molecule has 0 aromatic carbocycles. The van der Waals surface area contributed by atoms with E-state index in [9.17, 15) is 5.11 Å². The minimum absolute atomic E-state index is 0.269. The van der Waals surface area contributed by atoms with Crippen LogP contribution in [0.25, 0.3) is 0 Å². The summed E-state index contributed by atoms with van der Waals surface area (Å²) in [6.45, 7) is 3.30. The van der Waals surface area contributed by atoms with Crippen LogP contribution in [0.4, 0.5) is 0 Å². The van der Waals surface area contributed by atoms with Crippen molar-refractivity contribution < 1.29 is 9.84 Å². The Balaban J connectivity index is 2.40. The Labute approximate surface area is 73.9 Å². The SMILES string of the molecule is C#CCCC(C)(O)C1CCOC1. The van der Waals surface area contributed by atoms with Crippen LogP contribution < -0.4 is 0 Å². The summed E-state index contributed by atoms with van der Waals surface area (Å²) in [6, 6.07) is 0. The van der Waals surface area contributed by atoms with Crippen molar-refractivity contribution in [3.05, 3.63) is 0 Å². The topological polar surface area (TPSA) is 29.5 Å². The average molecular weight is 168 g/mol. The highest BCUT2D eigenvalue weighted by Gasteiger charge is 2.33. The van der Waals surface area contributed by atoms with Gasteiger partial charge in [0, 0.05) is 18.9 Å². The van der Waals surface area contributed by atoms with Gasteiger partial charge in [0.25, 0.3) is 0 Å². The molecular weight excluding hydrogens is 152 g/mol. The van der Waals surface area contributed by atoms with Gasteiger partial charge in [0.2, 0.25) is 0 Å². The van der Waals surface area contributed by atoms with Gasteiger partial charge in [-0.2, -0.15) is 0 Å². The first-order chi connectivity index (χ1) is 5.67. The second kappa shape index (κ2) is 3.93. The average Bonchev–Trinajstić information content (AvgIpc) is 2.53.